The Morgan fingerprint density at radius 3 is 0.686 bits per heavy atom. The van der Waals surface area contributed by atoms with E-state index in [9.17, 15) is 0 Å². The summed E-state index contributed by atoms with van der Waals surface area (Å²) < 4.78 is 31.4. The topological polar surface area (TPSA) is 46.2 Å². The molecule has 0 radical (unpaired) electrons. The van der Waals surface area contributed by atoms with Gasteiger partial charge in [0.1, 0.15) is 23.0 Å². The van der Waals surface area contributed by atoms with Crippen molar-refractivity contribution in [3.8, 4) is 23.0 Å². The number of hydrogen-bond acceptors (Lipinski definition) is 5. The van der Waals surface area contributed by atoms with Crippen molar-refractivity contribution >= 4 is 38.8 Å². The average molecular weight is 727 g/mol. The maximum absolute atomic E-state index is 8.15. The monoisotopic (exact) mass is 726 g/mol. The van der Waals surface area contributed by atoms with Crippen LogP contribution in [0.3, 0.4) is 0 Å². The van der Waals surface area contributed by atoms with Gasteiger partial charge in [-0.3, -0.25) is 0 Å². The van der Waals surface area contributed by atoms with Gasteiger partial charge in [0.2, 0.25) is 18.1 Å². The molecule has 0 atom stereocenters. The second kappa shape index (κ2) is 15.2. The molecule has 0 fully saturated rings. The number of rotatable bonds is 10. The lowest BCUT2D eigenvalue weighted by Crippen LogP contribution is -2.60. The lowest BCUT2D eigenvalue weighted by atomic mass is 9.86. The van der Waals surface area contributed by atoms with Crippen LogP contribution in [-0.4, -0.2) is 46.5 Å². The van der Waals surface area contributed by atoms with Crippen LogP contribution in [-0.2, 0) is 25.8 Å². The molecule has 0 heterocycles. The minimum Gasteiger partial charge on any atom is -0.497 e. The summed E-state index contributed by atoms with van der Waals surface area (Å²) in [7, 11) is 1.99. The van der Waals surface area contributed by atoms with E-state index in [1.807, 2.05) is 0 Å². The molecule has 0 unspecified atom stereocenters. The molecular weight excluding hydrogens is 665 g/mol. The molecule has 0 saturated carbocycles. The standard InChI is InChI=1S/C44H62O5Si2/c1-41(2,3)33-25-29(45-13)17-21-37(33)50(38-22-18-30(46-14)26-34(38)42(4,5)6)49-51(39-23-19-31(47-15)27-35(39)43(7,8)9)40-24-20-32(48-16)28-36(40)44(10,11)12/h17-28,50-51H,1-16H3. The van der Waals surface area contributed by atoms with Crippen molar-refractivity contribution in [1.82, 2.24) is 0 Å². The van der Waals surface area contributed by atoms with E-state index in [1.54, 1.807) is 28.4 Å². The van der Waals surface area contributed by atoms with Gasteiger partial charge < -0.3 is 23.1 Å². The molecule has 0 N–H and O–H groups in total. The lowest BCUT2D eigenvalue weighted by Gasteiger charge is -2.36. The van der Waals surface area contributed by atoms with Gasteiger partial charge in [0.25, 0.3) is 0 Å². The van der Waals surface area contributed by atoms with Crippen LogP contribution in [0.4, 0.5) is 0 Å². The van der Waals surface area contributed by atoms with Gasteiger partial charge in [-0.25, -0.2) is 0 Å². The molecule has 7 heteroatoms. The molecule has 0 amide bonds. The highest BCUT2D eigenvalue weighted by Gasteiger charge is 2.38. The smallest absolute Gasteiger partial charge is 0.229 e. The fraction of sp³-hybridized carbons (Fsp3) is 0.455. The van der Waals surface area contributed by atoms with E-state index in [1.165, 1.54) is 43.0 Å². The Hall–Kier alpha value is -3.53. The van der Waals surface area contributed by atoms with E-state index in [4.69, 9.17) is 23.1 Å². The quantitative estimate of drug-likeness (QED) is 0.161. The molecule has 0 aliphatic rings. The zero-order valence-electron chi connectivity index (χ0n) is 34.1. The van der Waals surface area contributed by atoms with Crippen LogP contribution in [0.5, 0.6) is 23.0 Å². The van der Waals surface area contributed by atoms with Gasteiger partial charge in [0.15, 0.2) is 0 Å². The van der Waals surface area contributed by atoms with Gasteiger partial charge in [-0.1, -0.05) is 107 Å². The molecule has 276 valence electrons. The summed E-state index contributed by atoms with van der Waals surface area (Å²) in [6.45, 7) is 27.4. The largest absolute Gasteiger partial charge is 0.497 e. The summed E-state index contributed by atoms with van der Waals surface area (Å²) in [5.74, 6) is 3.41. The van der Waals surface area contributed by atoms with Crippen LogP contribution >= 0.6 is 0 Å². The minimum absolute atomic E-state index is 0.155. The maximum atomic E-state index is 8.15. The number of methoxy groups -OCH3 is 4. The average Bonchev–Trinajstić information content (AvgIpc) is 3.06. The number of benzene rings is 4. The highest BCUT2D eigenvalue weighted by atomic mass is 28.4. The Labute approximate surface area is 312 Å². The van der Waals surface area contributed by atoms with Crippen LogP contribution in [0.2, 0.25) is 0 Å². The van der Waals surface area contributed by atoms with E-state index in [0.717, 1.165) is 23.0 Å². The Morgan fingerprint density at radius 2 is 0.529 bits per heavy atom. The third-order valence-electron chi connectivity index (χ3n) is 9.68. The first-order chi connectivity index (χ1) is 23.6. The highest BCUT2D eigenvalue weighted by molar-refractivity contribution is 6.92. The Balaban J connectivity index is 2.20. The SMILES string of the molecule is COc1ccc([SiH](O[SiH](c2ccc(OC)cc2C(C)(C)C)c2ccc(OC)cc2C(C)(C)C)c2ccc(OC)cc2C(C)(C)C)c(C(C)(C)C)c1. The fourth-order valence-electron chi connectivity index (χ4n) is 6.93. The maximum Gasteiger partial charge on any atom is 0.229 e. The Morgan fingerprint density at radius 1 is 0.333 bits per heavy atom. The summed E-state index contributed by atoms with van der Waals surface area (Å²) in [5, 5.41) is 5.09. The first kappa shape index (κ1) is 40.2. The first-order valence-corrected chi connectivity index (χ1v) is 21.3. The predicted octanol–water partition coefficient (Wildman–Crippen LogP) is 7.30. The van der Waals surface area contributed by atoms with Crippen molar-refractivity contribution in [1.29, 1.82) is 0 Å². The van der Waals surface area contributed by atoms with Gasteiger partial charge in [-0.05, 0) is 113 Å². The van der Waals surface area contributed by atoms with Gasteiger partial charge >= 0.3 is 0 Å². The Kier molecular flexibility index (Phi) is 12.0. The Bertz CT molecular complexity index is 1560. The second-order valence-electron chi connectivity index (χ2n) is 17.7. The molecule has 4 aromatic carbocycles. The normalized spacial score (nSPS) is 12.7. The van der Waals surface area contributed by atoms with Gasteiger partial charge in [-0.2, -0.15) is 0 Å². The summed E-state index contributed by atoms with van der Waals surface area (Å²) in [4.78, 5) is 0. The second-order valence-corrected chi connectivity index (χ2v) is 22.8. The van der Waals surface area contributed by atoms with Crippen LogP contribution in [0.1, 0.15) is 105 Å². The number of ether oxygens (including phenoxy) is 4. The van der Waals surface area contributed by atoms with E-state index < -0.39 is 18.1 Å². The molecule has 4 aromatic rings. The molecule has 5 nitrogen and oxygen atoms in total. The molecule has 0 aliphatic heterocycles. The summed E-state index contributed by atoms with van der Waals surface area (Å²) in [5.41, 5.74) is 4.37. The number of hydrogen-bond donors (Lipinski definition) is 0. The van der Waals surface area contributed by atoms with E-state index in [-0.39, 0.29) is 21.7 Å². The van der Waals surface area contributed by atoms with Crippen LogP contribution in [0.25, 0.3) is 0 Å². The third-order valence-corrected chi connectivity index (χ3v) is 16.1. The fourth-order valence-corrected chi connectivity index (χ4v) is 15.3. The summed E-state index contributed by atoms with van der Waals surface area (Å²) >= 11 is 0. The van der Waals surface area contributed by atoms with E-state index >= 15 is 0 Å². The highest BCUT2D eigenvalue weighted by Crippen LogP contribution is 2.31. The molecule has 51 heavy (non-hydrogen) atoms. The van der Waals surface area contributed by atoms with Gasteiger partial charge in [0, 0.05) is 0 Å². The van der Waals surface area contributed by atoms with Crippen molar-refractivity contribution in [3.63, 3.8) is 0 Å². The molecule has 4 rings (SSSR count). The first-order valence-electron chi connectivity index (χ1n) is 18.0. The zero-order valence-corrected chi connectivity index (χ0v) is 36.4. The molecule has 0 saturated heterocycles. The minimum atomic E-state index is -2.49. The van der Waals surface area contributed by atoms with Crippen molar-refractivity contribution in [3.05, 3.63) is 95.1 Å². The van der Waals surface area contributed by atoms with Gasteiger partial charge in [-0.15, -0.1) is 0 Å². The zero-order chi connectivity index (χ0) is 38.1. The molecule has 0 spiro atoms. The summed E-state index contributed by atoms with van der Waals surface area (Å²) in [6, 6.07) is 26.4. The molecular formula is C44H62O5Si2. The van der Waals surface area contributed by atoms with Crippen LogP contribution in [0.15, 0.2) is 72.8 Å². The lowest BCUT2D eigenvalue weighted by molar-refractivity contribution is 0.413. The molecule has 0 aliphatic carbocycles. The van der Waals surface area contributed by atoms with Crippen LogP contribution < -0.4 is 39.7 Å². The van der Waals surface area contributed by atoms with Crippen molar-refractivity contribution in [2.75, 3.05) is 28.4 Å². The van der Waals surface area contributed by atoms with E-state index in [2.05, 4.69) is 156 Å². The van der Waals surface area contributed by atoms with Crippen molar-refractivity contribution in [2.45, 2.75) is 105 Å². The predicted molar refractivity (Wildman–Crippen MR) is 221 cm³/mol. The van der Waals surface area contributed by atoms with E-state index in [0.29, 0.717) is 0 Å². The van der Waals surface area contributed by atoms with Gasteiger partial charge in [0.05, 0.1) is 28.4 Å². The van der Waals surface area contributed by atoms with Crippen LogP contribution in [0, 0.1) is 0 Å². The third kappa shape index (κ3) is 9.11. The molecule has 0 bridgehead atoms. The van der Waals surface area contributed by atoms with Crippen molar-refractivity contribution < 1.29 is 23.1 Å². The van der Waals surface area contributed by atoms with Crippen molar-refractivity contribution in [2.24, 2.45) is 0 Å². The summed E-state index contributed by atoms with van der Waals surface area (Å²) in [6.07, 6.45) is 0. The molecule has 0 aromatic heterocycles.